The van der Waals surface area contributed by atoms with Crippen molar-refractivity contribution < 1.29 is 9.53 Å². The van der Waals surface area contributed by atoms with E-state index in [-0.39, 0.29) is 5.91 Å². The number of anilines is 1. The molecule has 0 saturated heterocycles. The molecule has 5 nitrogen and oxygen atoms in total. The van der Waals surface area contributed by atoms with Crippen LogP contribution in [0.15, 0.2) is 66.4 Å². The number of thiophene rings is 1. The zero-order valence-corrected chi connectivity index (χ0v) is 12.9. The molecule has 0 aliphatic heterocycles. The van der Waals surface area contributed by atoms with Crippen LogP contribution >= 0.6 is 11.3 Å². The first kappa shape index (κ1) is 14.9. The van der Waals surface area contributed by atoms with Gasteiger partial charge in [0.05, 0.1) is 6.20 Å². The van der Waals surface area contributed by atoms with Crippen LogP contribution in [0.2, 0.25) is 0 Å². The van der Waals surface area contributed by atoms with E-state index in [0.29, 0.717) is 17.3 Å². The van der Waals surface area contributed by atoms with Crippen molar-refractivity contribution in [1.29, 1.82) is 0 Å². The van der Waals surface area contributed by atoms with E-state index in [1.165, 1.54) is 12.3 Å². The number of hydrogen-bond donors (Lipinski definition) is 1. The molecule has 6 heteroatoms. The lowest BCUT2D eigenvalue weighted by atomic mass is 10.3. The molecule has 114 valence electrons. The van der Waals surface area contributed by atoms with Gasteiger partial charge in [0, 0.05) is 29.0 Å². The summed E-state index contributed by atoms with van der Waals surface area (Å²) >= 11 is 1.58. The lowest BCUT2D eigenvalue weighted by Crippen LogP contribution is -2.07. The number of nitrogens with one attached hydrogen (secondary N) is 1. The summed E-state index contributed by atoms with van der Waals surface area (Å²) in [5, 5.41) is 4.76. The molecule has 0 saturated carbocycles. The third-order valence-corrected chi connectivity index (χ3v) is 3.66. The maximum absolute atomic E-state index is 11.8. The maximum atomic E-state index is 11.8. The molecule has 0 aliphatic carbocycles. The molecule has 1 amide bonds. The molecule has 1 N–H and O–H groups in total. The number of rotatable bonds is 5. The first-order valence-corrected chi connectivity index (χ1v) is 7.74. The van der Waals surface area contributed by atoms with Crippen LogP contribution in [0.25, 0.3) is 6.08 Å². The minimum atomic E-state index is -0.180. The zero-order chi connectivity index (χ0) is 15.9. The molecule has 2 heterocycles. The number of hydrogen-bond acceptors (Lipinski definition) is 5. The van der Waals surface area contributed by atoms with E-state index >= 15 is 0 Å². The summed E-state index contributed by atoms with van der Waals surface area (Å²) in [7, 11) is 0. The van der Waals surface area contributed by atoms with Crippen molar-refractivity contribution in [3.63, 3.8) is 0 Å². The fourth-order valence-electron chi connectivity index (χ4n) is 1.79. The standard InChI is InChI=1S/C17H13N3O2S/c21-16(8-7-15-2-1-11-23-15)20-13-3-5-14(6-4-13)22-17-12-18-9-10-19-17/h1-12H,(H,20,21). The molecule has 0 aliphatic rings. The van der Waals surface area contributed by atoms with E-state index in [2.05, 4.69) is 15.3 Å². The van der Waals surface area contributed by atoms with Gasteiger partial charge in [-0.05, 0) is 41.8 Å². The summed E-state index contributed by atoms with van der Waals surface area (Å²) in [6.45, 7) is 0. The fraction of sp³-hybridized carbons (Fsp3) is 0. The van der Waals surface area contributed by atoms with Crippen LogP contribution in [0.4, 0.5) is 5.69 Å². The highest BCUT2D eigenvalue weighted by atomic mass is 32.1. The van der Waals surface area contributed by atoms with Crippen LogP contribution in [0.5, 0.6) is 11.6 Å². The van der Waals surface area contributed by atoms with Crippen molar-refractivity contribution in [2.24, 2.45) is 0 Å². The van der Waals surface area contributed by atoms with E-state index in [1.54, 1.807) is 54.1 Å². The highest BCUT2D eigenvalue weighted by Crippen LogP contribution is 2.20. The predicted molar refractivity (Wildman–Crippen MR) is 90.5 cm³/mol. The summed E-state index contributed by atoms with van der Waals surface area (Å²) in [6.07, 6.45) is 7.96. The minimum absolute atomic E-state index is 0.180. The summed E-state index contributed by atoms with van der Waals surface area (Å²) < 4.78 is 5.54. The molecule has 0 bridgehead atoms. The second-order valence-corrected chi connectivity index (χ2v) is 5.49. The molecule has 3 rings (SSSR count). The molecule has 1 aromatic carbocycles. The smallest absolute Gasteiger partial charge is 0.248 e. The monoisotopic (exact) mass is 323 g/mol. The van der Waals surface area contributed by atoms with Crippen molar-refractivity contribution in [1.82, 2.24) is 9.97 Å². The van der Waals surface area contributed by atoms with Crippen LogP contribution in [-0.4, -0.2) is 15.9 Å². The number of carbonyl (C=O) groups is 1. The Kier molecular flexibility index (Phi) is 4.76. The van der Waals surface area contributed by atoms with Gasteiger partial charge in [-0.15, -0.1) is 11.3 Å². The Hall–Kier alpha value is -2.99. The van der Waals surface area contributed by atoms with Gasteiger partial charge in [-0.3, -0.25) is 9.78 Å². The highest BCUT2D eigenvalue weighted by molar-refractivity contribution is 7.10. The minimum Gasteiger partial charge on any atom is -0.438 e. The summed E-state index contributed by atoms with van der Waals surface area (Å²) in [6, 6.07) is 10.9. The largest absolute Gasteiger partial charge is 0.438 e. The Bertz CT molecular complexity index is 784. The van der Waals surface area contributed by atoms with Crippen LogP contribution < -0.4 is 10.1 Å². The van der Waals surface area contributed by atoms with Gasteiger partial charge in [0.15, 0.2) is 0 Å². The van der Waals surface area contributed by atoms with Crippen molar-refractivity contribution in [2.45, 2.75) is 0 Å². The Morgan fingerprint density at radius 2 is 2.04 bits per heavy atom. The molecule has 0 unspecified atom stereocenters. The maximum Gasteiger partial charge on any atom is 0.248 e. The topological polar surface area (TPSA) is 64.1 Å². The predicted octanol–water partition coefficient (Wildman–Crippen LogP) is 3.98. The van der Waals surface area contributed by atoms with Gasteiger partial charge in [0.1, 0.15) is 5.75 Å². The Morgan fingerprint density at radius 3 is 2.74 bits per heavy atom. The van der Waals surface area contributed by atoms with Crippen molar-refractivity contribution in [3.8, 4) is 11.6 Å². The van der Waals surface area contributed by atoms with E-state index < -0.39 is 0 Å². The third-order valence-electron chi connectivity index (χ3n) is 2.83. The van der Waals surface area contributed by atoms with Crippen LogP contribution in [0.3, 0.4) is 0 Å². The van der Waals surface area contributed by atoms with Gasteiger partial charge in [-0.1, -0.05) is 6.07 Å². The molecule has 0 radical (unpaired) electrons. The van der Waals surface area contributed by atoms with Crippen molar-refractivity contribution in [2.75, 3.05) is 5.32 Å². The first-order chi connectivity index (χ1) is 11.3. The summed E-state index contributed by atoms with van der Waals surface area (Å²) in [5.74, 6) is 0.863. The number of amides is 1. The van der Waals surface area contributed by atoms with Gasteiger partial charge in [0.2, 0.25) is 11.8 Å². The van der Waals surface area contributed by atoms with Gasteiger partial charge >= 0.3 is 0 Å². The third kappa shape index (κ3) is 4.49. The Labute approximate surface area is 137 Å². The quantitative estimate of drug-likeness (QED) is 0.721. The molecule has 3 aromatic rings. The molecule has 0 fully saturated rings. The Balaban J connectivity index is 1.58. The number of carbonyl (C=O) groups excluding carboxylic acids is 1. The van der Waals surface area contributed by atoms with Gasteiger partial charge in [-0.25, -0.2) is 4.98 Å². The average Bonchev–Trinajstić information content (AvgIpc) is 3.09. The van der Waals surface area contributed by atoms with Gasteiger partial charge < -0.3 is 10.1 Å². The van der Waals surface area contributed by atoms with E-state index in [9.17, 15) is 4.79 Å². The second kappa shape index (κ2) is 7.33. The first-order valence-electron chi connectivity index (χ1n) is 6.86. The molecular formula is C17H13N3O2S. The molecule has 0 spiro atoms. The number of ether oxygens (including phenoxy) is 1. The fourth-order valence-corrected chi connectivity index (χ4v) is 2.41. The second-order valence-electron chi connectivity index (χ2n) is 4.51. The summed E-state index contributed by atoms with van der Waals surface area (Å²) in [5.41, 5.74) is 0.692. The Morgan fingerprint density at radius 1 is 1.17 bits per heavy atom. The number of nitrogens with zero attached hydrogens (tertiary/aromatic N) is 2. The SMILES string of the molecule is O=C(C=Cc1cccs1)Nc1ccc(Oc2cnccn2)cc1. The molecule has 2 aromatic heterocycles. The van der Waals surface area contributed by atoms with E-state index in [1.807, 2.05) is 17.5 Å². The average molecular weight is 323 g/mol. The zero-order valence-electron chi connectivity index (χ0n) is 12.0. The molecular weight excluding hydrogens is 310 g/mol. The lowest BCUT2D eigenvalue weighted by molar-refractivity contribution is -0.111. The lowest BCUT2D eigenvalue weighted by Gasteiger charge is -2.05. The van der Waals surface area contributed by atoms with E-state index in [4.69, 9.17) is 4.74 Å². The van der Waals surface area contributed by atoms with E-state index in [0.717, 1.165) is 4.88 Å². The highest BCUT2D eigenvalue weighted by Gasteiger charge is 2.01. The number of benzene rings is 1. The van der Waals surface area contributed by atoms with Gasteiger partial charge in [-0.2, -0.15) is 0 Å². The molecule has 23 heavy (non-hydrogen) atoms. The van der Waals surface area contributed by atoms with Crippen LogP contribution in [0.1, 0.15) is 4.88 Å². The van der Waals surface area contributed by atoms with Crippen LogP contribution in [0, 0.1) is 0 Å². The molecule has 0 atom stereocenters. The van der Waals surface area contributed by atoms with Crippen molar-refractivity contribution in [3.05, 3.63) is 71.3 Å². The van der Waals surface area contributed by atoms with Gasteiger partial charge in [0.25, 0.3) is 0 Å². The summed E-state index contributed by atoms with van der Waals surface area (Å²) in [4.78, 5) is 20.8. The normalized spacial score (nSPS) is 10.6. The number of aromatic nitrogens is 2. The van der Waals surface area contributed by atoms with Crippen molar-refractivity contribution >= 4 is 29.0 Å². The van der Waals surface area contributed by atoms with Crippen LogP contribution in [-0.2, 0) is 4.79 Å².